The quantitative estimate of drug-likeness (QED) is 0.429. The van der Waals surface area contributed by atoms with Crippen molar-refractivity contribution >= 4 is 17.9 Å². The van der Waals surface area contributed by atoms with E-state index >= 15 is 0 Å². The normalized spacial score (nSPS) is 29.7. The van der Waals surface area contributed by atoms with Gasteiger partial charge in [0.05, 0.1) is 0 Å². The molecule has 0 radical (unpaired) electrons. The zero-order valence-corrected chi connectivity index (χ0v) is 16.2. The highest BCUT2D eigenvalue weighted by Crippen LogP contribution is 2.47. The van der Waals surface area contributed by atoms with Crippen LogP contribution in [0.25, 0.3) is 0 Å². The van der Waals surface area contributed by atoms with Gasteiger partial charge in [0.1, 0.15) is 18.3 Å². The first-order valence-electron chi connectivity index (χ1n) is 8.64. The molecule has 0 unspecified atom stereocenters. The number of esters is 3. The topological polar surface area (TPSA) is 78.9 Å². The van der Waals surface area contributed by atoms with E-state index in [1.54, 1.807) is 6.92 Å². The van der Waals surface area contributed by atoms with Crippen LogP contribution in [0.15, 0.2) is 12.2 Å². The van der Waals surface area contributed by atoms with Gasteiger partial charge in [-0.25, -0.2) is 0 Å². The van der Waals surface area contributed by atoms with E-state index in [9.17, 15) is 14.4 Å². The second kappa shape index (κ2) is 8.50. The Hall–Kier alpha value is -1.85. The maximum atomic E-state index is 11.5. The second-order valence-electron chi connectivity index (χ2n) is 7.50. The maximum absolute atomic E-state index is 11.5. The number of carbonyl (C=O) groups is 3. The van der Waals surface area contributed by atoms with Crippen molar-refractivity contribution in [1.82, 2.24) is 0 Å². The molecule has 6 heteroatoms. The fourth-order valence-electron chi connectivity index (χ4n) is 3.74. The van der Waals surface area contributed by atoms with Crippen LogP contribution in [0.1, 0.15) is 54.9 Å². The average Bonchev–Trinajstić information content (AvgIpc) is 2.40. The van der Waals surface area contributed by atoms with E-state index in [2.05, 4.69) is 13.8 Å². The van der Waals surface area contributed by atoms with E-state index in [0.29, 0.717) is 6.42 Å². The molecule has 1 rings (SSSR count). The van der Waals surface area contributed by atoms with Crippen molar-refractivity contribution < 1.29 is 28.6 Å². The zero-order chi connectivity index (χ0) is 19.4. The number of hydrogen-bond donors (Lipinski definition) is 0. The Balaban J connectivity index is 3.04. The van der Waals surface area contributed by atoms with Gasteiger partial charge in [-0.2, -0.15) is 0 Å². The predicted molar refractivity (Wildman–Crippen MR) is 92.5 cm³/mol. The van der Waals surface area contributed by atoms with Crippen molar-refractivity contribution in [2.24, 2.45) is 17.3 Å². The molecule has 142 valence electrons. The lowest BCUT2D eigenvalue weighted by Gasteiger charge is -2.48. The van der Waals surface area contributed by atoms with Crippen LogP contribution in [0.2, 0.25) is 0 Å². The monoisotopic (exact) mass is 354 g/mol. The Morgan fingerprint density at radius 1 is 1.04 bits per heavy atom. The highest BCUT2D eigenvalue weighted by Gasteiger charge is 2.48. The van der Waals surface area contributed by atoms with Crippen LogP contribution in [-0.4, -0.2) is 36.2 Å². The Morgan fingerprint density at radius 3 is 2.08 bits per heavy atom. The summed E-state index contributed by atoms with van der Waals surface area (Å²) in [5.74, 6) is -1.10. The van der Waals surface area contributed by atoms with E-state index in [0.717, 1.165) is 0 Å². The molecule has 5 atom stereocenters. The van der Waals surface area contributed by atoms with Crippen LogP contribution in [0.3, 0.4) is 0 Å². The minimum atomic E-state index is -0.506. The van der Waals surface area contributed by atoms with Gasteiger partial charge in [-0.3, -0.25) is 14.4 Å². The summed E-state index contributed by atoms with van der Waals surface area (Å²) in [5, 5.41) is 0. The fraction of sp³-hybridized carbons (Fsp3) is 0.737. The third-order valence-electron chi connectivity index (χ3n) is 4.64. The molecule has 0 aromatic rings. The van der Waals surface area contributed by atoms with Gasteiger partial charge in [-0.05, 0) is 30.8 Å². The maximum Gasteiger partial charge on any atom is 0.303 e. The van der Waals surface area contributed by atoms with Crippen molar-refractivity contribution in [3.8, 4) is 0 Å². The standard InChI is InChI=1S/C19H30O6/c1-11(23-13(3)20)8-9-16-12(2)18(25-15(5)22)17(24-14(4)21)10-19(16,6)7/h8-9,11-12,16-18H,10H2,1-7H3/t11-,12+,16+,17+,18+/m1/s1. The largest absolute Gasteiger partial charge is 0.459 e. The molecule has 0 N–H and O–H groups in total. The molecule has 0 amide bonds. The summed E-state index contributed by atoms with van der Waals surface area (Å²) in [7, 11) is 0. The van der Waals surface area contributed by atoms with Gasteiger partial charge in [-0.15, -0.1) is 0 Å². The Morgan fingerprint density at radius 2 is 1.60 bits per heavy atom. The van der Waals surface area contributed by atoms with Gasteiger partial charge < -0.3 is 14.2 Å². The van der Waals surface area contributed by atoms with Crippen molar-refractivity contribution in [2.45, 2.75) is 73.2 Å². The van der Waals surface area contributed by atoms with Crippen molar-refractivity contribution in [2.75, 3.05) is 0 Å². The van der Waals surface area contributed by atoms with Gasteiger partial charge >= 0.3 is 17.9 Å². The smallest absolute Gasteiger partial charge is 0.303 e. The van der Waals surface area contributed by atoms with E-state index in [1.807, 2.05) is 19.1 Å². The second-order valence-corrected chi connectivity index (χ2v) is 7.50. The number of allylic oxidation sites excluding steroid dienone is 1. The minimum Gasteiger partial charge on any atom is -0.459 e. The summed E-state index contributed by atoms with van der Waals surface area (Å²) in [6.45, 7) is 12.0. The highest BCUT2D eigenvalue weighted by molar-refractivity contribution is 5.67. The van der Waals surface area contributed by atoms with Crippen LogP contribution < -0.4 is 0 Å². The molecule has 0 aromatic heterocycles. The van der Waals surface area contributed by atoms with Gasteiger partial charge in [-0.1, -0.05) is 26.8 Å². The first-order valence-corrected chi connectivity index (χ1v) is 8.64. The van der Waals surface area contributed by atoms with E-state index in [4.69, 9.17) is 14.2 Å². The fourth-order valence-corrected chi connectivity index (χ4v) is 3.74. The molecule has 0 bridgehead atoms. The summed E-state index contributed by atoms with van der Waals surface area (Å²) in [6, 6.07) is 0. The molecule has 25 heavy (non-hydrogen) atoms. The average molecular weight is 354 g/mol. The number of rotatable bonds is 5. The van der Waals surface area contributed by atoms with Crippen LogP contribution in [-0.2, 0) is 28.6 Å². The first kappa shape index (κ1) is 21.2. The third-order valence-corrected chi connectivity index (χ3v) is 4.64. The number of ether oxygens (including phenoxy) is 3. The minimum absolute atomic E-state index is 0.0576. The Kier molecular flexibility index (Phi) is 7.20. The number of hydrogen-bond acceptors (Lipinski definition) is 6. The summed E-state index contributed by atoms with van der Waals surface area (Å²) in [5.41, 5.74) is -0.178. The van der Waals surface area contributed by atoms with Crippen LogP contribution in [0, 0.1) is 17.3 Å². The molecule has 0 aliphatic heterocycles. The van der Waals surface area contributed by atoms with Gasteiger partial charge in [0.2, 0.25) is 0 Å². The van der Waals surface area contributed by atoms with Gasteiger partial charge in [0.25, 0.3) is 0 Å². The molecule has 6 nitrogen and oxygen atoms in total. The van der Waals surface area contributed by atoms with Crippen LogP contribution >= 0.6 is 0 Å². The number of carbonyl (C=O) groups excluding carboxylic acids is 3. The summed E-state index contributed by atoms with van der Waals surface area (Å²) in [6.07, 6.45) is 3.13. The molecule has 1 aliphatic rings. The van der Waals surface area contributed by atoms with E-state index in [-0.39, 0.29) is 35.3 Å². The Labute approximate surface area is 149 Å². The lowest BCUT2D eigenvalue weighted by molar-refractivity contribution is -0.184. The SMILES string of the molecule is CC(=O)O[C@H]1[C@@H](C)[C@H](C=C[C@@H](C)OC(C)=O)C(C)(C)C[C@@H]1OC(C)=O. The molecule has 1 fully saturated rings. The first-order chi connectivity index (χ1) is 11.4. The van der Waals surface area contributed by atoms with E-state index in [1.165, 1.54) is 20.8 Å². The molecule has 1 saturated carbocycles. The molecular formula is C19H30O6. The van der Waals surface area contributed by atoms with E-state index < -0.39 is 18.2 Å². The lowest BCUT2D eigenvalue weighted by atomic mass is 9.62. The summed E-state index contributed by atoms with van der Waals surface area (Å²) < 4.78 is 16.0. The zero-order valence-electron chi connectivity index (χ0n) is 16.2. The third kappa shape index (κ3) is 6.18. The molecule has 0 heterocycles. The molecule has 0 aromatic carbocycles. The molecular weight excluding hydrogens is 324 g/mol. The van der Waals surface area contributed by atoms with Crippen LogP contribution in [0.5, 0.6) is 0 Å². The Bertz CT molecular complexity index is 536. The molecule has 1 aliphatic carbocycles. The molecule has 0 saturated heterocycles. The lowest BCUT2D eigenvalue weighted by Crippen LogP contribution is -2.52. The highest BCUT2D eigenvalue weighted by atomic mass is 16.6. The van der Waals surface area contributed by atoms with Gasteiger partial charge in [0, 0.05) is 26.7 Å². The van der Waals surface area contributed by atoms with Crippen molar-refractivity contribution in [1.29, 1.82) is 0 Å². The predicted octanol–water partition coefficient (Wildman–Crippen LogP) is 3.04. The molecule has 0 spiro atoms. The van der Waals surface area contributed by atoms with Crippen molar-refractivity contribution in [3.63, 3.8) is 0 Å². The summed E-state index contributed by atoms with van der Waals surface area (Å²) in [4.78, 5) is 34.0. The van der Waals surface area contributed by atoms with Crippen molar-refractivity contribution in [3.05, 3.63) is 12.2 Å². The van der Waals surface area contributed by atoms with Crippen LogP contribution in [0.4, 0.5) is 0 Å². The van der Waals surface area contributed by atoms with Gasteiger partial charge in [0.15, 0.2) is 0 Å². The summed E-state index contributed by atoms with van der Waals surface area (Å²) >= 11 is 0.